The summed E-state index contributed by atoms with van der Waals surface area (Å²) in [6, 6.07) is 2.03. The first kappa shape index (κ1) is 15.7. The van der Waals surface area contributed by atoms with Gasteiger partial charge in [0.05, 0.1) is 11.4 Å². The molecule has 0 aromatic carbocycles. The van der Waals surface area contributed by atoms with Gasteiger partial charge in [0.15, 0.2) is 0 Å². The Bertz CT molecular complexity index is 723. The third kappa shape index (κ3) is 3.33. The topological polar surface area (TPSA) is 51.6 Å². The molecule has 4 nitrogen and oxygen atoms in total. The molecule has 3 atom stereocenters. The molecule has 126 valence electrons. The number of hydrogen-bond donors (Lipinski definition) is 0. The first-order chi connectivity index (χ1) is 11.6. The molecule has 4 heteroatoms. The summed E-state index contributed by atoms with van der Waals surface area (Å²) in [5.74, 6) is 3.85. The van der Waals surface area contributed by atoms with Crippen LogP contribution in [0.15, 0.2) is 24.7 Å². The van der Waals surface area contributed by atoms with Crippen molar-refractivity contribution in [2.75, 3.05) is 0 Å². The Hall–Kier alpha value is -1.84. The molecule has 0 N–H and O–H groups in total. The number of nitrogens with zero attached hydrogens (tertiary/aromatic N) is 4. The lowest BCUT2D eigenvalue weighted by molar-refractivity contribution is 0.583. The molecule has 0 bridgehead atoms. The van der Waals surface area contributed by atoms with Crippen LogP contribution in [0, 0.1) is 5.92 Å². The lowest BCUT2D eigenvalue weighted by Gasteiger charge is -2.11. The van der Waals surface area contributed by atoms with E-state index in [2.05, 4.69) is 30.7 Å². The van der Waals surface area contributed by atoms with E-state index < -0.39 is 0 Å². The Morgan fingerprint density at radius 1 is 1.08 bits per heavy atom. The van der Waals surface area contributed by atoms with Crippen LogP contribution in [-0.2, 0) is 0 Å². The van der Waals surface area contributed by atoms with Gasteiger partial charge in [-0.25, -0.2) is 9.97 Å². The molecule has 0 amide bonds. The van der Waals surface area contributed by atoms with Crippen molar-refractivity contribution in [1.82, 2.24) is 19.9 Å². The molecule has 2 saturated carbocycles. The molecule has 2 aromatic heterocycles. The average Bonchev–Trinajstić information content (AvgIpc) is 3.49. The van der Waals surface area contributed by atoms with Crippen LogP contribution in [0.1, 0.15) is 93.0 Å². The van der Waals surface area contributed by atoms with E-state index >= 15 is 0 Å². The SMILES string of the molecule is CC(C)c1ccnc(C2CC2CC(C)c2cncc(C3CC3)n2)n1. The number of rotatable bonds is 6. The van der Waals surface area contributed by atoms with Crippen LogP contribution in [-0.4, -0.2) is 19.9 Å². The van der Waals surface area contributed by atoms with Gasteiger partial charge >= 0.3 is 0 Å². The van der Waals surface area contributed by atoms with Crippen molar-refractivity contribution in [3.63, 3.8) is 0 Å². The second-order valence-corrected chi connectivity index (χ2v) is 7.88. The molecule has 4 rings (SSSR count). The molecule has 0 radical (unpaired) electrons. The highest BCUT2D eigenvalue weighted by atomic mass is 14.9. The van der Waals surface area contributed by atoms with E-state index in [9.17, 15) is 0 Å². The Morgan fingerprint density at radius 2 is 1.92 bits per heavy atom. The lowest BCUT2D eigenvalue weighted by atomic mass is 9.99. The first-order valence-corrected chi connectivity index (χ1v) is 9.26. The van der Waals surface area contributed by atoms with Gasteiger partial charge in [0.2, 0.25) is 0 Å². The van der Waals surface area contributed by atoms with Crippen LogP contribution in [0.4, 0.5) is 0 Å². The smallest absolute Gasteiger partial charge is 0.131 e. The van der Waals surface area contributed by atoms with Crippen molar-refractivity contribution in [3.8, 4) is 0 Å². The van der Waals surface area contributed by atoms with E-state index in [4.69, 9.17) is 9.97 Å². The number of hydrogen-bond acceptors (Lipinski definition) is 4. The van der Waals surface area contributed by atoms with E-state index in [1.807, 2.05) is 24.7 Å². The molecule has 0 spiro atoms. The van der Waals surface area contributed by atoms with Crippen molar-refractivity contribution >= 4 is 0 Å². The molecule has 2 aliphatic rings. The minimum atomic E-state index is 0.458. The zero-order valence-electron chi connectivity index (χ0n) is 14.8. The highest BCUT2D eigenvalue weighted by Gasteiger charge is 2.41. The fourth-order valence-corrected chi connectivity index (χ4v) is 3.50. The summed E-state index contributed by atoms with van der Waals surface area (Å²) in [5.41, 5.74) is 3.50. The van der Waals surface area contributed by atoms with Gasteiger partial charge in [-0.2, -0.15) is 0 Å². The maximum atomic E-state index is 4.86. The van der Waals surface area contributed by atoms with Crippen molar-refractivity contribution in [3.05, 3.63) is 47.6 Å². The van der Waals surface area contributed by atoms with Crippen molar-refractivity contribution in [2.24, 2.45) is 5.92 Å². The van der Waals surface area contributed by atoms with E-state index in [-0.39, 0.29) is 0 Å². The summed E-state index contributed by atoms with van der Waals surface area (Å²) in [6.07, 6.45) is 10.7. The van der Waals surface area contributed by atoms with E-state index in [1.165, 1.54) is 25.0 Å². The third-order valence-electron chi connectivity index (χ3n) is 5.37. The molecule has 2 aromatic rings. The second kappa shape index (κ2) is 6.23. The molecule has 0 aliphatic heterocycles. The normalized spacial score (nSPS) is 24.2. The van der Waals surface area contributed by atoms with Gasteiger partial charge in [0, 0.05) is 42.0 Å². The highest BCUT2D eigenvalue weighted by molar-refractivity contribution is 5.18. The van der Waals surface area contributed by atoms with Gasteiger partial charge in [-0.3, -0.25) is 9.97 Å². The molecule has 0 saturated heterocycles. The first-order valence-electron chi connectivity index (χ1n) is 9.26. The highest BCUT2D eigenvalue weighted by Crippen LogP contribution is 2.51. The quantitative estimate of drug-likeness (QED) is 0.782. The van der Waals surface area contributed by atoms with Crippen LogP contribution >= 0.6 is 0 Å². The Balaban J connectivity index is 1.40. The van der Waals surface area contributed by atoms with Crippen LogP contribution in [0.5, 0.6) is 0 Å². The monoisotopic (exact) mass is 322 g/mol. The fraction of sp³-hybridized carbons (Fsp3) is 0.600. The maximum Gasteiger partial charge on any atom is 0.131 e. The minimum absolute atomic E-state index is 0.458. The van der Waals surface area contributed by atoms with Gasteiger partial charge in [-0.1, -0.05) is 20.8 Å². The van der Waals surface area contributed by atoms with Crippen molar-refractivity contribution in [1.29, 1.82) is 0 Å². The van der Waals surface area contributed by atoms with Crippen LogP contribution in [0.2, 0.25) is 0 Å². The molecule has 2 fully saturated rings. The summed E-state index contributed by atoms with van der Waals surface area (Å²) < 4.78 is 0. The molecular weight excluding hydrogens is 296 g/mol. The van der Waals surface area contributed by atoms with Crippen molar-refractivity contribution < 1.29 is 0 Å². The Morgan fingerprint density at radius 3 is 2.67 bits per heavy atom. The average molecular weight is 322 g/mol. The molecule has 3 unspecified atom stereocenters. The number of aromatic nitrogens is 4. The van der Waals surface area contributed by atoms with Gasteiger partial charge in [0.1, 0.15) is 5.82 Å². The van der Waals surface area contributed by atoms with Crippen LogP contribution in [0.25, 0.3) is 0 Å². The minimum Gasteiger partial charge on any atom is -0.261 e. The third-order valence-corrected chi connectivity index (χ3v) is 5.37. The van der Waals surface area contributed by atoms with E-state index in [0.29, 0.717) is 29.6 Å². The standard InChI is InChI=1S/C20H26N4/c1-12(2)17-6-7-22-20(24-17)16-9-15(16)8-13(3)18-10-21-11-19(23-18)14-4-5-14/h6-7,10-16H,4-5,8-9H2,1-3H3. The molecule has 2 heterocycles. The summed E-state index contributed by atoms with van der Waals surface area (Å²) in [5, 5.41) is 0. The van der Waals surface area contributed by atoms with Gasteiger partial charge in [0.25, 0.3) is 0 Å². The lowest BCUT2D eigenvalue weighted by Crippen LogP contribution is -2.03. The molecule has 24 heavy (non-hydrogen) atoms. The van der Waals surface area contributed by atoms with E-state index in [1.54, 1.807) is 0 Å². The zero-order valence-corrected chi connectivity index (χ0v) is 14.8. The zero-order chi connectivity index (χ0) is 16.7. The summed E-state index contributed by atoms with van der Waals surface area (Å²) in [4.78, 5) is 18.6. The van der Waals surface area contributed by atoms with E-state index in [0.717, 1.165) is 23.6 Å². The van der Waals surface area contributed by atoms with Gasteiger partial charge < -0.3 is 0 Å². The summed E-state index contributed by atoms with van der Waals surface area (Å²) in [7, 11) is 0. The maximum absolute atomic E-state index is 4.86. The predicted molar refractivity (Wildman–Crippen MR) is 94.0 cm³/mol. The van der Waals surface area contributed by atoms with Crippen molar-refractivity contribution in [2.45, 2.75) is 70.1 Å². The largest absolute Gasteiger partial charge is 0.261 e. The van der Waals surface area contributed by atoms with Crippen LogP contribution < -0.4 is 0 Å². The molecule has 2 aliphatic carbocycles. The second-order valence-electron chi connectivity index (χ2n) is 7.88. The summed E-state index contributed by atoms with van der Waals surface area (Å²) >= 11 is 0. The van der Waals surface area contributed by atoms with Gasteiger partial charge in [-0.05, 0) is 43.6 Å². The Kier molecular flexibility index (Phi) is 4.07. The van der Waals surface area contributed by atoms with Gasteiger partial charge in [-0.15, -0.1) is 0 Å². The predicted octanol–water partition coefficient (Wildman–Crippen LogP) is 4.56. The molecular formula is C20H26N4. The summed E-state index contributed by atoms with van der Waals surface area (Å²) in [6.45, 7) is 6.65. The Labute approximate surface area is 144 Å². The fourth-order valence-electron chi connectivity index (χ4n) is 3.50. The van der Waals surface area contributed by atoms with Crippen LogP contribution in [0.3, 0.4) is 0 Å².